The number of benzene rings is 2. The van der Waals surface area contributed by atoms with Gasteiger partial charge >= 0.3 is 18.2 Å². The van der Waals surface area contributed by atoms with Crippen molar-refractivity contribution in [3.63, 3.8) is 0 Å². The highest BCUT2D eigenvalue weighted by molar-refractivity contribution is 7.99. The van der Waals surface area contributed by atoms with Gasteiger partial charge in [0, 0.05) is 99.9 Å². The number of nitrogens with two attached hydrogens (primary N) is 2. The van der Waals surface area contributed by atoms with Crippen molar-refractivity contribution in [3.8, 4) is 0 Å². The minimum atomic E-state index is -2.88. The summed E-state index contributed by atoms with van der Waals surface area (Å²) >= 11 is 1.02. The predicted molar refractivity (Wildman–Crippen MR) is 477 cm³/mol. The number of nitrogens with one attached hydrogen (secondary N) is 12. The van der Waals surface area contributed by atoms with Gasteiger partial charge < -0.3 is 108 Å². The number of aromatic amines is 1. The Morgan fingerprint density at radius 2 is 1.31 bits per heavy atom. The summed E-state index contributed by atoms with van der Waals surface area (Å²) < 4.78 is 25.8. The number of imide groups is 1. The van der Waals surface area contributed by atoms with Crippen molar-refractivity contribution in [2.75, 3.05) is 77.6 Å². The molecule has 4 aliphatic rings. The van der Waals surface area contributed by atoms with Crippen LogP contribution in [0.1, 0.15) is 145 Å². The lowest BCUT2D eigenvalue weighted by Crippen LogP contribution is -2.62. The van der Waals surface area contributed by atoms with Gasteiger partial charge in [-0.3, -0.25) is 72.0 Å². The normalized spacial score (nSPS) is 20.9. The molecule has 18 amide bonds. The summed E-state index contributed by atoms with van der Waals surface area (Å²) in [7, 11) is -2.76. The molecule has 4 aliphatic heterocycles. The summed E-state index contributed by atoms with van der Waals surface area (Å²) in [6, 6.07) is 0.561. The molecule has 700 valence electrons. The number of unbranched alkanes of at least 4 members (excludes halogenated alkanes) is 2. The van der Waals surface area contributed by atoms with Gasteiger partial charge in [-0.15, -0.1) is 11.8 Å². The molecule has 12 atom stereocenters. The predicted octanol–water partition coefficient (Wildman–Crippen LogP) is 3.26. The molecule has 2 bridgehead atoms. The highest BCUT2D eigenvalue weighted by Crippen LogP contribution is 2.41. The molecule has 42 heteroatoms. The number of ether oxygens (including phenoxy) is 2. The van der Waals surface area contributed by atoms with Crippen LogP contribution in [0.15, 0.2) is 65.7 Å². The molecule has 0 radical (unpaired) electrons. The third-order valence-corrected chi connectivity index (χ3v) is 34.2. The number of thioether (sulfide) groups is 1. The Morgan fingerprint density at radius 1 is 0.677 bits per heavy atom. The standard InChI is InChI=1S/C85H130N18O21SSi2/c1-18-49(4)70-76(114)90-42-65(106)92-60-47-125-79-55(54-25-21-22-26-56(54)96-79)40-58(72(110)89-43-66(107)98-70)94-78(116)71(50(5)62(124-127(16,17)85(9,10)11)46-122-126(14,15)84(6,7)8)99-75(113)61-39-53(44-103(61)80(117)59(41-63(86)104)95-74(60)112)123-83(120)101(13)38-37-100(12)82(119)121-45-51-29-31-52(32-30-51)91-73(111)57(27-24-35-88-81(87)118)93-77(115)69(48(2)3)97-64(105)28-20-19-23-36-102-67(108)33-34-68(102)109/h21-22,25-26,29-34,48-50,53,57-62,69-71,96H,18-20,23-24,27-28,35-47H2,1-17H3,(H2,86,104)(H,89,110)(H,90,114)(H,91,111)(H,92,106)(H,93,115)(H,94,116)(H,95,112)(H,97,105)(H,98,107)(H,99,113)(H3,87,88,118)/t49-,50-,53+,57-,58-,59-,60-,61?,62?,69-,70-,71-/m0/s1. The minimum Gasteiger partial charge on any atom is -0.445 e. The van der Waals surface area contributed by atoms with Crippen molar-refractivity contribution >= 4 is 146 Å². The van der Waals surface area contributed by atoms with Crippen LogP contribution in [-0.2, 0) is 98.5 Å². The second-order valence-electron chi connectivity index (χ2n) is 36.2. The largest absolute Gasteiger partial charge is 0.445 e. The van der Waals surface area contributed by atoms with E-state index < -0.39 is 233 Å². The number of likely N-dealkylation sites (N-methyl/N-ethyl adjacent to an activating group) is 2. The van der Waals surface area contributed by atoms with E-state index in [4.69, 9.17) is 29.8 Å². The zero-order valence-electron chi connectivity index (χ0n) is 75.8. The number of carbonyl (C=O) groups excluding carboxylic acids is 17. The molecule has 0 spiro atoms. The summed E-state index contributed by atoms with van der Waals surface area (Å²) in [5.41, 5.74) is 12.9. The molecule has 1 aromatic heterocycles. The SMILES string of the molecule is CC[C@H](C)[C@@H]1NC(=O)CNC(=O)[C@@H]2Cc3c([nH]c4ccccc34)SC[C@H](NC(=O)CNC1=O)C(=O)N[C@@H](CC(N)=O)C(=O)N1C[C@H](OC(=O)N(C)CCN(C)C(=O)OCc3ccc(NC(=O)[C@H](CCCNC(N)=O)NC(=O)[C@@H](NC(=O)CCCCCN4C(=O)C=CC4=O)C(C)C)cc3)CC1C(=O)N[C@@H]([C@@H](C)C(CO[Si](C)(C)C(C)(C)C)O[Si](C)(C)C(C)(C)C)C(=O)N2. The second-order valence-corrected chi connectivity index (χ2v) is 46.8. The second kappa shape index (κ2) is 46.1. The van der Waals surface area contributed by atoms with Crippen molar-refractivity contribution < 1.29 is 99.8 Å². The Kier molecular flexibility index (Phi) is 37.4. The van der Waals surface area contributed by atoms with Gasteiger partial charge in [-0.05, 0) is 103 Å². The maximum Gasteiger partial charge on any atom is 0.409 e. The summed E-state index contributed by atoms with van der Waals surface area (Å²) in [4.78, 5) is 245. The lowest BCUT2D eigenvalue weighted by Gasteiger charge is -2.44. The average Bonchev–Trinajstić information content (AvgIpc) is 1.73. The van der Waals surface area contributed by atoms with Crippen molar-refractivity contribution in [1.29, 1.82) is 0 Å². The molecular weight excluding hydrogens is 1700 g/mol. The average molecular weight is 1830 g/mol. The Hall–Kier alpha value is -11.0. The van der Waals surface area contributed by atoms with E-state index in [9.17, 15) is 57.5 Å². The van der Waals surface area contributed by atoms with Gasteiger partial charge in [0.15, 0.2) is 16.6 Å². The van der Waals surface area contributed by atoms with Crippen molar-refractivity contribution in [2.24, 2.45) is 29.2 Å². The van der Waals surface area contributed by atoms with E-state index in [2.05, 4.69) is 84.2 Å². The maximum atomic E-state index is 16.1. The van der Waals surface area contributed by atoms with Gasteiger partial charge in [0.1, 0.15) is 61.0 Å². The highest BCUT2D eigenvalue weighted by atomic mass is 32.2. The number of amides is 18. The summed E-state index contributed by atoms with van der Waals surface area (Å²) in [6.45, 7) is 26.6. The smallest absolute Gasteiger partial charge is 0.409 e. The number of primary amides is 2. The van der Waals surface area contributed by atoms with E-state index >= 15 is 24.0 Å². The van der Waals surface area contributed by atoms with Crippen molar-refractivity contribution in [3.05, 3.63) is 71.8 Å². The molecule has 3 aromatic rings. The third-order valence-electron chi connectivity index (χ3n) is 24.0. The lowest BCUT2D eigenvalue weighted by molar-refractivity contribution is -0.144. The number of nitrogens with zero attached hydrogens (tertiary/aromatic N) is 4. The van der Waals surface area contributed by atoms with Crippen LogP contribution in [0.3, 0.4) is 0 Å². The summed E-state index contributed by atoms with van der Waals surface area (Å²) in [6.07, 6.45) is -1.31. The Balaban J connectivity index is 1.13. The monoisotopic (exact) mass is 1830 g/mol. The van der Waals surface area contributed by atoms with E-state index in [1.165, 1.54) is 43.3 Å². The lowest BCUT2D eigenvalue weighted by atomic mass is 9.93. The van der Waals surface area contributed by atoms with Gasteiger partial charge in [0.25, 0.3) is 11.8 Å². The van der Waals surface area contributed by atoms with E-state index in [-0.39, 0.29) is 81.6 Å². The number of hydrogen-bond donors (Lipinski definition) is 14. The Bertz CT molecular complexity index is 4520. The minimum absolute atomic E-state index is 0.0406. The molecule has 16 N–H and O–H groups in total. The van der Waals surface area contributed by atoms with Crippen molar-refractivity contribution in [1.82, 2.24) is 77.8 Å². The molecule has 2 unspecified atom stereocenters. The fourth-order valence-corrected chi connectivity index (χ4v) is 17.4. The summed E-state index contributed by atoms with van der Waals surface area (Å²) in [5, 5.41) is 29.8. The number of aromatic nitrogens is 1. The number of rotatable bonds is 33. The van der Waals surface area contributed by atoms with Crippen LogP contribution < -0.4 is 70.0 Å². The molecular formula is C85H130N18O21SSi2. The topological polar surface area (TPSA) is 540 Å². The molecule has 0 aliphatic carbocycles. The number of carbonyl (C=O) groups is 17. The zero-order valence-corrected chi connectivity index (χ0v) is 78.7. The van der Waals surface area contributed by atoms with Gasteiger partial charge in [-0.25, -0.2) is 14.4 Å². The van der Waals surface area contributed by atoms with Crippen LogP contribution in [0, 0.1) is 17.8 Å². The Morgan fingerprint density at radius 3 is 1.93 bits per heavy atom. The van der Waals surface area contributed by atoms with E-state index in [1.54, 1.807) is 71.0 Å². The first-order valence-electron chi connectivity index (χ1n) is 43.0. The van der Waals surface area contributed by atoms with Crippen LogP contribution in [0.5, 0.6) is 0 Å². The number of urea groups is 1. The van der Waals surface area contributed by atoms with E-state index in [1.807, 2.05) is 47.0 Å². The molecule has 39 nitrogen and oxygen atoms in total. The fraction of sp³-hybridized carbons (Fsp3) is 0.612. The Labute approximate surface area is 747 Å². The van der Waals surface area contributed by atoms with Gasteiger partial charge in [-0.1, -0.05) is 119 Å². The molecule has 127 heavy (non-hydrogen) atoms. The fourth-order valence-electron chi connectivity index (χ4n) is 13.9. The molecule has 5 heterocycles. The van der Waals surface area contributed by atoms with Crippen LogP contribution in [0.4, 0.5) is 20.1 Å². The van der Waals surface area contributed by atoms with Gasteiger partial charge in [0.2, 0.25) is 70.9 Å². The van der Waals surface area contributed by atoms with Gasteiger partial charge in [0.05, 0.1) is 43.8 Å². The van der Waals surface area contributed by atoms with Crippen LogP contribution in [-0.4, -0.2) is 275 Å². The molecule has 0 saturated carbocycles. The molecule has 2 aromatic carbocycles. The number of para-hydroxylation sites is 1. The first kappa shape index (κ1) is 103. The first-order chi connectivity index (χ1) is 59.5. The van der Waals surface area contributed by atoms with Crippen molar-refractivity contribution in [2.45, 2.75) is 249 Å². The van der Waals surface area contributed by atoms with Crippen LogP contribution in [0.25, 0.3) is 10.9 Å². The first-order valence-corrected chi connectivity index (χ1v) is 49.8. The zero-order chi connectivity index (χ0) is 94.3. The molecule has 1 saturated heterocycles. The number of fused-ring (bicyclic) bond motifs is 5. The van der Waals surface area contributed by atoms with E-state index in [0.717, 1.165) is 26.5 Å². The third kappa shape index (κ3) is 29.8. The van der Waals surface area contributed by atoms with Gasteiger partial charge in [-0.2, -0.15) is 0 Å². The molecule has 1 fully saturated rings. The highest BCUT2D eigenvalue weighted by Gasteiger charge is 2.50. The van der Waals surface area contributed by atoms with Crippen LogP contribution >= 0.6 is 11.8 Å². The van der Waals surface area contributed by atoms with E-state index in [0.29, 0.717) is 52.7 Å². The summed E-state index contributed by atoms with van der Waals surface area (Å²) in [5.74, 6) is -13.3. The molecule has 7 rings (SSSR count). The van der Waals surface area contributed by atoms with Crippen LogP contribution in [0.2, 0.25) is 36.3 Å². The number of H-pyrrole nitrogens is 1. The maximum absolute atomic E-state index is 16.1. The number of hydrogen-bond acceptors (Lipinski definition) is 22. The quantitative estimate of drug-likeness (QED) is 0.0236. The number of anilines is 1.